The van der Waals surface area contributed by atoms with Crippen LogP contribution < -0.4 is 0 Å². The molecule has 1 aliphatic rings. The van der Waals surface area contributed by atoms with E-state index < -0.39 is 0 Å². The number of piperidine rings is 1. The number of likely N-dealkylation sites (tertiary alicyclic amines) is 1. The fraction of sp³-hybridized carbons (Fsp3) is 0.389. The van der Waals surface area contributed by atoms with Crippen LogP contribution in [0.2, 0.25) is 0 Å². The van der Waals surface area contributed by atoms with Gasteiger partial charge >= 0.3 is 0 Å². The van der Waals surface area contributed by atoms with Gasteiger partial charge in [-0.1, -0.05) is 12.6 Å². The summed E-state index contributed by atoms with van der Waals surface area (Å²) in [5.74, 6) is 0.331. The molecule has 1 aliphatic heterocycles. The summed E-state index contributed by atoms with van der Waals surface area (Å²) in [5.41, 5.74) is 3.56. The molecule has 0 spiro atoms. The van der Waals surface area contributed by atoms with Crippen LogP contribution in [0.4, 0.5) is 0 Å². The zero-order valence-electron chi connectivity index (χ0n) is 13.7. The van der Waals surface area contributed by atoms with Crippen molar-refractivity contribution in [1.82, 2.24) is 19.4 Å². The SMILES string of the molecule is C=C(C)C(=O)N1CCCC(c2cccc(-c3cncn3C)n2)C1. The third-order valence-electron chi connectivity index (χ3n) is 4.34. The first-order chi connectivity index (χ1) is 11.1. The monoisotopic (exact) mass is 310 g/mol. The number of imidazole rings is 1. The van der Waals surface area contributed by atoms with E-state index in [1.807, 2.05) is 34.8 Å². The Morgan fingerprint density at radius 2 is 2.22 bits per heavy atom. The lowest BCUT2D eigenvalue weighted by atomic mass is 9.93. The zero-order valence-corrected chi connectivity index (χ0v) is 13.7. The lowest BCUT2D eigenvalue weighted by Gasteiger charge is -2.32. The molecule has 1 unspecified atom stereocenters. The van der Waals surface area contributed by atoms with Crippen LogP contribution in [-0.4, -0.2) is 38.4 Å². The van der Waals surface area contributed by atoms with E-state index in [2.05, 4.69) is 17.6 Å². The van der Waals surface area contributed by atoms with Gasteiger partial charge < -0.3 is 9.47 Å². The van der Waals surface area contributed by atoms with Crippen LogP contribution in [0.15, 0.2) is 42.9 Å². The van der Waals surface area contributed by atoms with Crippen molar-refractivity contribution in [2.75, 3.05) is 13.1 Å². The van der Waals surface area contributed by atoms with Crippen LogP contribution in [0.5, 0.6) is 0 Å². The number of aryl methyl sites for hydroxylation is 1. The highest BCUT2D eigenvalue weighted by molar-refractivity contribution is 5.92. The second kappa shape index (κ2) is 6.36. The Morgan fingerprint density at radius 3 is 2.91 bits per heavy atom. The third-order valence-corrected chi connectivity index (χ3v) is 4.34. The molecular weight excluding hydrogens is 288 g/mol. The second-order valence-corrected chi connectivity index (χ2v) is 6.21. The van der Waals surface area contributed by atoms with Gasteiger partial charge in [0.15, 0.2) is 0 Å². The number of aromatic nitrogens is 3. The standard InChI is InChI=1S/C18H22N4O/c1-13(2)18(23)22-9-5-6-14(11-22)15-7-4-8-16(20-15)17-10-19-12-21(17)3/h4,7-8,10,12,14H,1,5-6,9,11H2,2-3H3. The molecule has 1 atom stereocenters. The summed E-state index contributed by atoms with van der Waals surface area (Å²) < 4.78 is 1.96. The van der Waals surface area contributed by atoms with Crippen LogP contribution in [-0.2, 0) is 11.8 Å². The Balaban J connectivity index is 1.83. The zero-order chi connectivity index (χ0) is 16.4. The molecule has 5 heteroatoms. The van der Waals surface area contributed by atoms with E-state index in [1.165, 1.54) is 0 Å². The fourth-order valence-corrected chi connectivity index (χ4v) is 3.10. The maximum Gasteiger partial charge on any atom is 0.248 e. The van der Waals surface area contributed by atoms with Gasteiger partial charge in [0, 0.05) is 37.3 Å². The summed E-state index contributed by atoms with van der Waals surface area (Å²) in [6, 6.07) is 6.09. The Labute approximate surface area is 136 Å². The van der Waals surface area contributed by atoms with Crippen LogP contribution in [0.1, 0.15) is 31.4 Å². The lowest BCUT2D eigenvalue weighted by Crippen LogP contribution is -2.39. The summed E-state index contributed by atoms with van der Waals surface area (Å²) in [5, 5.41) is 0. The third kappa shape index (κ3) is 3.18. The average Bonchev–Trinajstić information content (AvgIpc) is 3.00. The van der Waals surface area contributed by atoms with Crippen molar-refractivity contribution < 1.29 is 4.79 Å². The minimum Gasteiger partial charge on any atom is -0.338 e. The molecule has 0 saturated carbocycles. The molecule has 2 aromatic rings. The summed E-state index contributed by atoms with van der Waals surface area (Å²) in [6.45, 7) is 7.07. The van der Waals surface area contributed by atoms with Gasteiger partial charge in [0.25, 0.3) is 0 Å². The van der Waals surface area contributed by atoms with Gasteiger partial charge in [-0.05, 0) is 31.9 Å². The van der Waals surface area contributed by atoms with E-state index in [1.54, 1.807) is 13.3 Å². The van der Waals surface area contributed by atoms with Crippen molar-refractivity contribution in [3.63, 3.8) is 0 Å². The largest absolute Gasteiger partial charge is 0.338 e. The van der Waals surface area contributed by atoms with E-state index in [9.17, 15) is 4.79 Å². The fourth-order valence-electron chi connectivity index (χ4n) is 3.10. The number of hydrogen-bond donors (Lipinski definition) is 0. The molecule has 0 bridgehead atoms. The van der Waals surface area contributed by atoms with Gasteiger partial charge in [0.05, 0.1) is 23.9 Å². The molecule has 3 rings (SSSR count). The van der Waals surface area contributed by atoms with Gasteiger partial charge in [-0.3, -0.25) is 9.78 Å². The van der Waals surface area contributed by atoms with Crippen LogP contribution in [0, 0.1) is 0 Å². The van der Waals surface area contributed by atoms with E-state index >= 15 is 0 Å². The molecule has 0 N–H and O–H groups in total. The van der Waals surface area contributed by atoms with Crippen molar-refractivity contribution in [1.29, 1.82) is 0 Å². The maximum atomic E-state index is 12.2. The van der Waals surface area contributed by atoms with E-state index in [-0.39, 0.29) is 11.8 Å². The minimum absolute atomic E-state index is 0.0532. The first-order valence-corrected chi connectivity index (χ1v) is 7.94. The summed E-state index contributed by atoms with van der Waals surface area (Å²) in [7, 11) is 1.96. The highest BCUT2D eigenvalue weighted by atomic mass is 16.2. The minimum atomic E-state index is 0.0532. The summed E-state index contributed by atoms with van der Waals surface area (Å²) >= 11 is 0. The Hall–Kier alpha value is -2.43. The normalized spacial score (nSPS) is 18.0. The predicted octanol–water partition coefficient (Wildman–Crippen LogP) is 2.76. The van der Waals surface area contributed by atoms with Crippen molar-refractivity contribution in [2.24, 2.45) is 7.05 Å². The second-order valence-electron chi connectivity index (χ2n) is 6.21. The summed E-state index contributed by atoms with van der Waals surface area (Å²) in [4.78, 5) is 23.0. The smallest absolute Gasteiger partial charge is 0.248 e. The van der Waals surface area contributed by atoms with Crippen LogP contribution in [0.3, 0.4) is 0 Å². The van der Waals surface area contributed by atoms with Crippen molar-refractivity contribution in [2.45, 2.75) is 25.7 Å². The van der Waals surface area contributed by atoms with E-state index in [0.29, 0.717) is 12.1 Å². The van der Waals surface area contributed by atoms with Gasteiger partial charge in [-0.15, -0.1) is 0 Å². The molecule has 120 valence electrons. The Bertz CT molecular complexity index is 734. The molecule has 0 aromatic carbocycles. The van der Waals surface area contributed by atoms with Gasteiger partial charge in [-0.25, -0.2) is 4.98 Å². The molecule has 23 heavy (non-hydrogen) atoms. The molecule has 1 fully saturated rings. The highest BCUT2D eigenvalue weighted by Gasteiger charge is 2.26. The van der Waals surface area contributed by atoms with E-state index in [0.717, 1.165) is 36.5 Å². The van der Waals surface area contributed by atoms with Crippen LogP contribution >= 0.6 is 0 Å². The first-order valence-electron chi connectivity index (χ1n) is 7.94. The number of nitrogens with zero attached hydrogens (tertiary/aromatic N) is 4. The number of amides is 1. The predicted molar refractivity (Wildman–Crippen MR) is 89.8 cm³/mol. The van der Waals surface area contributed by atoms with Crippen molar-refractivity contribution in [3.8, 4) is 11.4 Å². The van der Waals surface area contributed by atoms with Gasteiger partial charge in [0.1, 0.15) is 0 Å². The van der Waals surface area contributed by atoms with Crippen LogP contribution in [0.25, 0.3) is 11.4 Å². The number of carbonyl (C=O) groups excluding carboxylic acids is 1. The number of pyridine rings is 1. The van der Waals surface area contributed by atoms with Crippen molar-refractivity contribution in [3.05, 3.63) is 48.6 Å². The number of rotatable bonds is 3. The Morgan fingerprint density at radius 1 is 1.39 bits per heavy atom. The number of carbonyl (C=O) groups is 1. The van der Waals surface area contributed by atoms with Crippen molar-refractivity contribution >= 4 is 5.91 Å². The lowest BCUT2D eigenvalue weighted by molar-refractivity contribution is -0.128. The Kier molecular flexibility index (Phi) is 4.28. The molecule has 1 saturated heterocycles. The van der Waals surface area contributed by atoms with Gasteiger partial charge in [0.2, 0.25) is 5.91 Å². The number of hydrogen-bond acceptors (Lipinski definition) is 3. The molecule has 3 heterocycles. The molecule has 0 radical (unpaired) electrons. The molecule has 1 amide bonds. The average molecular weight is 310 g/mol. The van der Waals surface area contributed by atoms with Gasteiger partial charge in [-0.2, -0.15) is 0 Å². The maximum absolute atomic E-state index is 12.2. The summed E-state index contributed by atoms with van der Waals surface area (Å²) in [6.07, 6.45) is 5.66. The topological polar surface area (TPSA) is 51.0 Å². The molecule has 0 aliphatic carbocycles. The van der Waals surface area contributed by atoms with E-state index in [4.69, 9.17) is 4.98 Å². The molecular formula is C18H22N4O. The molecule has 2 aromatic heterocycles. The molecule has 5 nitrogen and oxygen atoms in total. The first kappa shape index (κ1) is 15.5. The highest BCUT2D eigenvalue weighted by Crippen LogP contribution is 2.28. The quantitative estimate of drug-likeness (QED) is 0.819.